The van der Waals surface area contributed by atoms with Crippen LogP contribution in [0.3, 0.4) is 0 Å². The molecule has 0 spiro atoms. The molecular formula is C56H70N6O6. The fraction of sp³-hybridized carbons (Fsp3) is 0.571. The number of aromatic nitrogens is 2. The third-order valence-electron chi connectivity index (χ3n) is 17.9. The maximum Gasteiger partial charge on any atom is 0.226 e. The first-order chi connectivity index (χ1) is 33.1. The molecule has 2 aromatic heterocycles. The van der Waals surface area contributed by atoms with Gasteiger partial charge in [0, 0.05) is 61.8 Å². The number of carbonyl (C=O) groups excluding carboxylic acids is 2. The lowest BCUT2D eigenvalue weighted by Crippen LogP contribution is -2.60. The van der Waals surface area contributed by atoms with Gasteiger partial charge < -0.3 is 40.1 Å². The summed E-state index contributed by atoms with van der Waals surface area (Å²) in [5, 5.41) is 28.0. The summed E-state index contributed by atoms with van der Waals surface area (Å²) >= 11 is 0. The summed E-state index contributed by atoms with van der Waals surface area (Å²) in [4.78, 5) is 41.2. The number of pyridine rings is 2. The van der Waals surface area contributed by atoms with Crippen LogP contribution in [0.15, 0.2) is 85.2 Å². The van der Waals surface area contributed by atoms with Crippen LogP contribution in [0, 0.1) is 46.3 Å². The number of hydrogen-bond donors (Lipinski definition) is 4. The molecule has 8 saturated carbocycles. The second kappa shape index (κ2) is 18.6. The molecule has 8 bridgehead atoms. The van der Waals surface area contributed by atoms with Crippen LogP contribution in [0.2, 0.25) is 0 Å². The fourth-order valence-electron chi connectivity index (χ4n) is 14.9. The Morgan fingerprint density at radius 1 is 0.544 bits per heavy atom. The van der Waals surface area contributed by atoms with E-state index >= 15 is 0 Å². The van der Waals surface area contributed by atoms with Crippen molar-refractivity contribution in [3.05, 3.63) is 85.2 Å². The van der Waals surface area contributed by atoms with Crippen LogP contribution in [0.25, 0.3) is 22.3 Å². The number of piperidine rings is 2. The second-order valence-corrected chi connectivity index (χ2v) is 22.3. The number of nitrogens with zero attached hydrogens (tertiary/aromatic N) is 4. The molecule has 2 amide bonds. The summed E-state index contributed by atoms with van der Waals surface area (Å²) in [6.45, 7) is 3.53. The van der Waals surface area contributed by atoms with E-state index in [-0.39, 0.29) is 46.9 Å². The number of methoxy groups -OCH3 is 2. The molecule has 6 atom stereocenters. The lowest BCUT2D eigenvalue weighted by molar-refractivity contribution is -0.164. The predicted octanol–water partition coefficient (Wildman–Crippen LogP) is 8.06. The van der Waals surface area contributed by atoms with Crippen LogP contribution < -0.4 is 29.9 Å². The average molecular weight is 923 g/mol. The molecule has 2 saturated heterocycles. The van der Waals surface area contributed by atoms with Crippen LogP contribution in [-0.4, -0.2) is 96.7 Å². The lowest BCUT2D eigenvalue weighted by Gasteiger charge is -2.58. The Labute approximate surface area is 401 Å². The number of ether oxygens (including phenoxy) is 2. The van der Waals surface area contributed by atoms with E-state index in [1.807, 2.05) is 60.9 Å². The van der Waals surface area contributed by atoms with Crippen molar-refractivity contribution in [2.75, 3.05) is 50.2 Å². The van der Waals surface area contributed by atoms with Gasteiger partial charge in [-0.25, -0.2) is 9.97 Å². The molecule has 2 aromatic carbocycles. The molecule has 0 radical (unpaired) electrons. The molecule has 12 heteroatoms. The number of aliphatic hydroxyl groups is 2. The number of rotatable bonds is 10. The Kier molecular flexibility index (Phi) is 12.4. The Balaban J connectivity index is 0.000000149. The van der Waals surface area contributed by atoms with Crippen molar-refractivity contribution in [2.24, 2.45) is 46.3 Å². The van der Waals surface area contributed by atoms with Crippen molar-refractivity contribution in [3.8, 4) is 33.8 Å². The molecule has 14 rings (SSSR count). The predicted molar refractivity (Wildman–Crippen MR) is 263 cm³/mol. The van der Waals surface area contributed by atoms with E-state index in [9.17, 15) is 19.8 Å². The van der Waals surface area contributed by atoms with E-state index in [1.54, 1.807) is 14.2 Å². The Hall–Kier alpha value is -5.20. The third kappa shape index (κ3) is 8.84. The minimum atomic E-state index is -0.240. The van der Waals surface area contributed by atoms with Gasteiger partial charge in [-0.1, -0.05) is 24.3 Å². The van der Waals surface area contributed by atoms with Gasteiger partial charge in [-0.3, -0.25) is 9.59 Å². The van der Waals surface area contributed by atoms with Gasteiger partial charge >= 0.3 is 0 Å². The highest BCUT2D eigenvalue weighted by molar-refractivity contribution is 5.84. The third-order valence-corrected chi connectivity index (χ3v) is 17.9. The van der Waals surface area contributed by atoms with Gasteiger partial charge in [0.2, 0.25) is 11.8 Å². The summed E-state index contributed by atoms with van der Waals surface area (Å²) < 4.78 is 10.5. The lowest BCUT2D eigenvalue weighted by atomic mass is 9.48. The molecule has 2 aliphatic heterocycles. The summed E-state index contributed by atoms with van der Waals surface area (Å²) in [6.07, 6.45) is 17.6. The van der Waals surface area contributed by atoms with Crippen molar-refractivity contribution in [2.45, 2.75) is 114 Å². The second-order valence-electron chi connectivity index (χ2n) is 22.3. The van der Waals surface area contributed by atoms with Crippen molar-refractivity contribution in [3.63, 3.8) is 0 Å². The average Bonchev–Trinajstić information content (AvgIpc) is 3.37. The Morgan fingerprint density at radius 3 is 1.25 bits per heavy atom. The molecule has 4 heterocycles. The zero-order chi connectivity index (χ0) is 46.6. The maximum atomic E-state index is 13.5. The number of benzene rings is 2. The van der Waals surface area contributed by atoms with Crippen molar-refractivity contribution in [1.82, 2.24) is 20.6 Å². The monoisotopic (exact) mass is 923 g/mol. The number of anilines is 2. The van der Waals surface area contributed by atoms with E-state index in [0.29, 0.717) is 35.5 Å². The standard InChI is InChI=1S/2C28H35N3O3/c2*1-34-24-7-4-19(5-8-24)20-6-9-25(29-16-20)31-10-2-3-23(17-31)30-27(33)28-13-18-11-21(14-28)26(32)22(12-18)15-28/h2*4-9,16,18,21-23,26,32H,2-3,10-15,17H2,1H3,(H,30,33)/t2*18?,21?,22?,23-,26?,28?/m00/s1. The van der Waals surface area contributed by atoms with Gasteiger partial charge in [-0.05, 0) is 185 Å². The first kappa shape index (κ1) is 45.3. The summed E-state index contributed by atoms with van der Waals surface area (Å²) in [6, 6.07) is 24.8. The molecular weight excluding hydrogens is 853 g/mol. The van der Waals surface area contributed by atoms with Gasteiger partial charge in [0.1, 0.15) is 23.1 Å². The highest BCUT2D eigenvalue weighted by Crippen LogP contribution is 2.61. The number of aliphatic hydroxyl groups excluding tert-OH is 2. The summed E-state index contributed by atoms with van der Waals surface area (Å²) in [5.74, 6) is 6.68. The van der Waals surface area contributed by atoms with Gasteiger partial charge in [-0.15, -0.1) is 0 Å². The van der Waals surface area contributed by atoms with E-state index in [2.05, 4.69) is 44.7 Å². The van der Waals surface area contributed by atoms with Gasteiger partial charge in [0.25, 0.3) is 0 Å². The van der Waals surface area contributed by atoms with Crippen LogP contribution in [0.5, 0.6) is 11.5 Å². The largest absolute Gasteiger partial charge is 0.497 e. The zero-order valence-corrected chi connectivity index (χ0v) is 39.9. The topological polar surface area (TPSA) is 149 Å². The fourth-order valence-corrected chi connectivity index (χ4v) is 14.9. The Morgan fingerprint density at radius 2 is 0.912 bits per heavy atom. The molecule has 4 unspecified atom stereocenters. The smallest absolute Gasteiger partial charge is 0.226 e. The number of hydrogen-bond acceptors (Lipinski definition) is 10. The molecule has 10 aliphatic rings. The van der Waals surface area contributed by atoms with Crippen molar-refractivity contribution >= 4 is 23.5 Å². The first-order valence-corrected chi connectivity index (χ1v) is 25.7. The molecule has 4 N–H and O–H groups in total. The minimum absolute atomic E-state index is 0.155. The maximum absolute atomic E-state index is 13.5. The highest BCUT2D eigenvalue weighted by Gasteiger charge is 2.59. The Bertz CT molecular complexity index is 2210. The minimum Gasteiger partial charge on any atom is -0.497 e. The quantitative estimate of drug-likeness (QED) is 0.123. The zero-order valence-electron chi connectivity index (χ0n) is 39.9. The van der Waals surface area contributed by atoms with E-state index < -0.39 is 0 Å². The number of amides is 2. The van der Waals surface area contributed by atoms with Crippen LogP contribution >= 0.6 is 0 Å². The van der Waals surface area contributed by atoms with Crippen LogP contribution in [-0.2, 0) is 9.59 Å². The van der Waals surface area contributed by atoms with Crippen LogP contribution in [0.4, 0.5) is 11.6 Å². The van der Waals surface area contributed by atoms with Gasteiger partial charge in [-0.2, -0.15) is 0 Å². The molecule has 10 fully saturated rings. The SMILES string of the molecule is COc1ccc(-c2ccc(N3CCC[C@H](NC(=O)C45CC6CC(C4)C(O)C(C6)C5)C3)nc2)cc1.COc1ccc(-c2ccc(N3CCC[C@H](NC(=O)C45CC6CC(C4)C(O)C(C6)C5)C3)nc2)cc1. The molecule has 12 nitrogen and oxygen atoms in total. The first-order valence-electron chi connectivity index (χ1n) is 25.7. The van der Waals surface area contributed by atoms with Crippen molar-refractivity contribution in [1.29, 1.82) is 0 Å². The van der Waals surface area contributed by atoms with Gasteiger partial charge in [0.15, 0.2) is 0 Å². The molecule has 8 aliphatic carbocycles. The summed E-state index contributed by atoms with van der Waals surface area (Å²) in [7, 11) is 3.35. The molecule has 4 aromatic rings. The van der Waals surface area contributed by atoms with Crippen molar-refractivity contribution < 1.29 is 29.3 Å². The van der Waals surface area contributed by atoms with E-state index in [4.69, 9.17) is 19.4 Å². The highest BCUT2D eigenvalue weighted by atomic mass is 16.5. The van der Waals surface area contributed by atoms with E-state index in [0.717, 1.165) is 161 Å². The molecule has 68 heavy (non-hydrogen) atoms. The number of nitrogens with one attached hydrogen (secondary N) is 2. The summed E-state index contributed by atoms with van der Waals surface area (Å²) in [5.41, 5.74) is 3.91. The van der Waals surface area contributed by atoms with Gasteiger partial charge in [0.05, 0.1) is 37.3 Å². The number of carbonyl (C=O) groups is 2. The molecule has 360 valence electrons. The van der Waals surface area contributed by atoms with Crippen LogP contribution in [0.1, 0.15) is 89.9 Å². The van der Waals surface area contributed by atoms with E-state index in [1.165, 1.54) is 0 Å². The normalized spacial score (nSPS) is 34.2.